The maximum absolute atomic E-state index is 12.3. The molecule has 1 atom stereocenters. The van der Waals surface area contributed by atoms with E-state index in [1.54, 1.807) is 17.0 Å². The van der Waals surface area contributed by atoms with Gasteiger partial charge in [0.1, 0.15) is 0 Å². The zero-order valence-corrected chi connectivity index (χ0v) is 13.0. The van der Waals surface area contributed by atoms with Crippen LogP contribution in [-0.2, 0) is 9.84 Å². The van der Waals surface area contributed by atoms with Gasteiger partial charge in [-0.15, -0.1) is 0 Å². The molecule has 1 amide bonds. The maximum atomic E-state index is 12.3. The highest BCUT2D eigenvalue weighted by Gasteiger charge is 2.17. The fraction of sp³-hybridized carbons (Fsp3) is 0.500. The summed E-state index contributed by atoms with van der Waals surface area (Å²) in [5, 5.41) is 0. The highest BCUT2D eigenvalue weighted by Crippen LogP contribution is 2.13. The van der Waals surface area contributed by atoms with E-state index < -0.39 is 9.84 Å². The minimum absolute atomic E-state index is 0.104. The number of nitrogens with zero attached hydrogens (tertiary/aromatic N) is 1. The molecule has 0 aromatic heterocycles. The summed E-state index contributed by atoms with van der Waals surface area (Å²) in [4.78, 5) is 14.3. The predicted molar refractivity (Wildman–Crippen MR) is 79.3 cm³/mol. The summed E-state index contributed by atoms with van der Waals surface area (Å²) < 4.78 is 22.8. The van der Waals surface area contributed by atoms with E-state index in [1.165, 1.54) is 12.1 Å². The van der Waals surface area contributed by atoms with Crippen molar-refractivity contribution in [3.63, 3.8) is 0 Å². The molecule has 1 aromatic rings. The summed E-state index contributed by atoms with van der Waals surface area (Å²) in [5.41, 5.74) is 6.07. The van der Waals surface area contributed by atoms with Gasteiger partial charge < -0.3 is 10.6 Å². The van der Waals surface area contributed by atoms with Crippen LogP contribution >= 0.6 is 0 Å². The standard InChI is InChI=1S/C14H22N2O3S/c1-4-16(10-11(2)9-15)14(17)12-5-7-13(8-6-12)20(3,18)19/h5-8,11H,4,9-10,15H2,1-3H3. The molecular formula is C14H22N2O3S. The van der Waals surface area contributed by atoms with E-state index in [-0.39, 0.29) is 16.7 Å². The van der Waals surface area contributed by atoms with E-state index in [0.29, 0.717) is 25.2 Å². The van der Waals surface area contributed by atoms with Crippen molar-refractivity contribution in [1.29, 1.82) is 0 Å². The third-order valence-electron chi connectivity index (χ3n) is 3.13. The predicted octanol–water partition coefficient (Wildman–Crippen LogP) is 1.15. The van der Waals surface area contributed by atoms with E-state index >= 15 is 0 Å². The van der Waals surface area contributed by atoms with Crippen LogP contribution in [0.25, 0.3) is 0 Å². The molecule has 0 saturated carbocycles. The summed E-state index contributed by atoms with van der Waals surface area (Å²) in [6, 6.07) is 6.02. The Morgan fingerprint density at radius 3 is 2.25 bits per heavy atom. The number of sulfone groups is 1. The van der Waals surface area contributed by atoms with Crippen molar-refractivity contribution in [1.82, 2.24) is 4.90 Å². The lowest BCUT2D eigenvalue weighted by atomic mass is 10.1. The molecule has 5 nitrogen and oxygen atoms in total. The van der Waals surface area contributed by atoms with Crippen LogP contribution in [0.1, 0.15) is 24.2 Å². The summed E-state index contributed by atoms with van der Waals surface area (Å²) >= 11 is 0. The Morgan fingerprint density at radius 1 is 1.30 bits per heavy atom. The molecule has 6 heteroatoms. The van der Waals surface area contributed by atoms with Crippen molar-refractivity contribution in [3.05, 3.63) is 29.8 Å². The fourth-order valence-corrected chi connectivity index (χ4v) is 2.46. The second-order valence-electron chi connectivity index (χ2n) is 4.98. The number of hydrogen-bond donors (Lipinski definition) is 1. The van der Waals surface area contributed by atoms with Gasteiger partial charge in [-0.1, -0.05) is 6.92 Å². The minimum Gasteiger partial charge on any atom is -0.339 e. The number of carbonyl (C=O) groups is 1. The molecule has 0 fully saturated rings. The van der Waals surface area contributed by atoms with Crippen LogP contribution in [0.2, 0.25) is 0 Å². The minimum atomic E-state index is -3.24. The zero-order valence-electron chi connectivity index (χ0n) is 12.2. The summed E-state index contributed by atoms with van der Waals surface area (Å²) in [7, 11) is -3.24. The smallest absolute Gasteiger partial charge is 0.253 e. The molecular weight excluding hydrogens is 276 g/mol. The molecule has 1 aromatic carbocycles. The first-order valence-electron chi connectivity index (χ1n) is 6.59. The highest BCUT2D eigenvalue weighted by atomic mass is 32.2. The van der Waals surface area contributed by atoms with Gasteiger partial charge in [-0.3, -0.25) is 4.79 Å². The molecule has 0 aliphatic carbocycles. The second kappa shape index (κ2) is 6.85. The van der Waals surface area contributed by atoms with E-state index in [4.69, 9.17) is 5.73 Å². The lowest BCUT2D eigenvalue weighted by molar-refractivity contribution is 0.0743. The SMILES string of the molecule is CCN(CC(C)CN)C(=O)c1ccc(S(C)(=O)=O)cc1. The molecule has 0 aliphatic rings. The van der Waals surface area contributed by atoms with Crippen LogP contribution in [0.3, 0.4) is 0 Å². The van der Waals surface area contributed by atoms with Crippen LogP contribution < -0.4 is 5.73 Å². The van der Waals surface area contributed by atoms with Gasteiger partial charge in [0, 0.05) is 24.9 Å². The number of hydrogen-bond acceptors (Lipinski definition) is 4. The first kappa shape index (κ1) is 16.7. The first-order valence-corrected chi connectivity index (χ1v) is 8.48. The molecule has 0 bridgehead atoms. The highest BCUT2D eigenvalue weighted by molar-refractivity contribution is 7.90. The van der Waals surface area contributed by atoms with Crippen molar-refractivity contribution in [2.24, 2.45) is 11.7 Å². The van der Waals surface area contributed by atoms with Crippen molar-refractivity contribution in [2.75, 3.05) is 25.9 Å². The second-order valence-corrected chi connectivity index (χ2v) is 7.00. The summed E-state index contributed by atoms with van der Waals surface area (Å²) in [6.45, 7) is 5.61. The Balaban J connectivity index is 2.91. The van der Waals surface area contributed by atoms with E-state index in [1.807, 2.05) is 13.8 Å². The maximum Gasteiger partial charge on any atom is 0.253 e. The lowest BCUT2D eigenvalue weighted by Crippen LogP contribution is -2.36. The molecule has 1 unspecified atom stereocenters. The quantitative estimate of drug-likeness (QED) is 0.854. The average molecular weight is 298 g/mol. The largest absolute Gasteiger partial charge is 0.339 e. The van der Waals surface area contributed by atoms with Crippen LogP contribution in [-0.4, -0.2) is 45.1 Å². The van der Waals surface area contributed by atoms with Crippen LogP contribution in [0.15, 0.2) is 29.2 Å². The Labute approximate surface area is 120 Å². The summed E-state index contributed by atoms with van der Waals surface area (Å²) in [5.74, 6) is 0.127. The number of rotatable bonds is 6. The molecule has 112 valence electrons. The van der Waals surface area contributed by atoms with E-state index in [2.05, 4.69) is 0 Å². The van der Waals surface area contributed by atoms with Gasteiger partial charge in [0.05, 0.1) is 4.90 Å². The Hall–Kier alpha value is -1.40. The number of nitrogens with two attached hydrogens (primary N) is 1. The topological polar surface area (TPSA) is 80.5 Å². The monoisotopic (exact) mass is 298 g/mol. The third kappa shape index (κ3) is 4.31. The number of benzene rings is 1. The van der Waals surface area contributed by atoms with Gasteiger partial charge in [-0.25, -0.2) is 8.42 Å². The zero-order chi connectivity index (χ0) is 15.3. The number of amides is 1. The summed E-state index contributed by atoms with van der Waals surface area (Å²) in [6.07, 6.45) is 1.14. The molecule has 0 heterocycles. The van der Waals surface area contributed by atoms with E-state index in [0.717, 1.165) is 6.26 Å². The normalized spacial score (nSPS) is 13.0. The molecule has 2 N–H and O–H groups in total. The van der Waals surface area contributed by atoms with Gasteiger partial charge in [0.2, 0.25) is 0 Å². The van der Waals surface area contributed by atoms with Gasteiger partial charge >= 0.3 is 0 Å². The van der Waals surface area contributed by atoms with Crippen LogP contribution in [0, 0.1) is 5.92 Å². The van der Waals surface area contributed by atoms with Crippen LogP contribution in [0.5, 0.6) is 0 Å². The Kier molecular flexibility index (Phi) is 5.71. The molecule has 0 saturated heterocycles. The Bertz CT molecular complexity index is 552. The first-order chi connectivity index (χ1) is 9.29. The third-order valence-corrected chi connectivity index (χ3v) is 4.26. The van der Waals surface area contributed by atoms with Gasteiger partial charge in [-0.2, -0.15) is 0 Å². The van der Waals surface area contributed by atoms with Gasteiger partial charge in [-0.05, 0) is 43.7 Å². The number of carbonyl (C=O) groups excluding carboxylic acids is 1. The average Bonchev–Trinajstić information content (AvgIpc) is 2.42. The van der Waals surface area contributed by atoms with E-state index in [9.17, 15) is 13.2 Å². The van der Waals surface area contributed by atoms with Crippen molar-refractivity contribution < 1.29 is 13.2 Å². The van der Waals surface area contributed by atoms with Gasteiger partial charge in [0.25, 0.3) is 5.91 Å². The fourth-order valence-electron chi connectivity index (χ4n) is 1.83. The van der Waals surface area contributed by atoms with Gasteiger partial charge in [0.15, 0.2) is 9.84 Å². The Morgan fingerprint density at radius 2 is 1.85 bits per heavy atom. The molecule has 0 radical (unpaired) electrons. The molecule has 1 rings (SSSR count). The van der Waals surface area contributed by atoms with Crippen LogP contribution in [0.4, 0.5) is 0 Å². The molecule has 0 spiro atoms. The van der Waals surface area contributed by atoms with Crippen molar-refractivity contribution in [3.8, 4) is 0 Å². The molecule has 0 aliphatic heterocycles. The molecule has 20 heavy (non-hydrogen) atoms. The van der Waals surface area contributed by atoms with Crippen molar-refractivity contribution in [2.45, 2.75) is 18.7 Å². The lowest BCUT2D eigenvalue weighted by Gasteiger charge is -2.24. The van der Waals surface area contributed by atoms with Crippen molar-refractivity contribution >= 4 is 15.7 Å².